The average Bonchev–Trinajstić information content (AvgIpc) is 2.33. The first-order valence-corrected chi connectivity index (χ1v) is 6.72. The van der Waals surface area contributed by atoms with Gasteiger partial charge in [0.1, 0.15) is 0 Å². The van der Waals surface area contributed by atoms with E-state index >= 15 is 0 Å². The Morgan fingerprint density at radius 3 is 2.12 bits per heavy atom. The Labute approximate surface area is 106 Å². The smallest absolute Gasteiger partial charge is 0.0110 e. The maximum Gasteiger partial charge on any atom is 0.0110 e. The van der Waals surface area contributed by atoms with Crippen LogP contribution in [0.2, 0.25) is 0 Å². The minimum absolute atomic E-state index is 0.734. The highest BCUT2D eigenvalue weighted by molar-refractivity contribution is 4.72. The van der Waals surface area contributed by atoms with Crippen molar-refractivity contribution in [1.82, 2.24) is 20.0 Å². The third-order valence-electron chi connectivity index (χ3n) is 3.25. The molecule has 0 aromatic heterocycles. The fraction of sp³-hybridized carbons (Fsp3) is 1.00. The lowest BCUT2D eigenvalue weighted by Crippen LogP contribution is -2.49. The second-order valence-corrected chi connectivity index (χ2v) is 5.03. The van der Waals surface area contributed by atoms with E-state index < -0.39 is 0 Å². The molecule has 0 amide bonds. The Hall–Kier alpha value is -0.200. The number of nitrogens with two attached hydrogens (primary N) is 1. The summed E-state index contributed by atoms with van der Waals surface area (Å²) >= 11 is 0. The Morgan fingerprint density at radius 2 is 1.59 bits per heavy atom. The van der Waals surface area contributed by atoms with Crippen LogP contribution in [0.15, 0.2) is 0 Å². The van der Waals surface area contributed by atoms with Crippen LogP contribution in [-0.2, 0) is 0 Å². The minimum atomic E-state index is 0.734. The van der Waals surface area contributed by atoms with Crippen molar-refractivity contribution in [3.8, 4) is 0 Å². The molecular formula is C12H29N5. The summed E-state index contributed by atoms with van der Waals surface area (Å²) in [6.07, 6.45) is 0. The third kappa shape index (κ3) is 6.95. The molecule has 0 radical (unpaired) electrons. The SMILES string of the molecule is CN(C)CCN1CCN(CCNCCN)CC1. The monoisotopic (exact) mass is 243 g/mol. The number of nitrogens with one attached hydrogen (secondary N) is 1. The fourth-order valence-electron chi connectivity index (χ4n) is 2.04. The Kier molecular flexibility index (Phi) is 7.72. The highest BCUT2D eigenvalue weighted by atomic mass is 15.3. The van der Waals surface area contributed by atoms with Gasteiger partial charge in [-0.25, -0.2) is 0 Å². The van der Waals surface area contributed by atoms with Crippen molar-refractivity contribution in [2.75, 3.05) is 79.5 Å². The van der Waals surface area contributed by atoms with Crippen molar-refractivity contribution in [1.29, 1.82) is 0 Å². The summed E-state index contributed by atoms with van der Waals surface area (Å²) < 4.78 is 0. The number of rotatable bonds is 8. The summed E-state index contributed by atoms with van der Waals surface area (Å²) in [5.74, 6) is 0. The van der Waals surface area contributed by atoms with Gasteiger partial charge >= 0.3 is 0 Å². The second-order valence-electron chi connectivity index (χ2n) is 5.03. The minimum Gasteiger partial charge on any atom is -0.329 e. The Morgan fingerprint density at radius 1 is 1.00 bits per heavy atom. The molecule has 0 bridgehead atoms. The van der Waals surface area contributed by atoms with Crippen LogP contribution in [-0.4, -0.2) is 94.2 Å². The third-order valence-corrected chi connectivity index (χ3v) is 3.25. The molecule has 0 aliphatic carbocycles. The summed E-state index contributed by atoms with van der Waals surface area (Å²) in [6, 6.07) is 0. The van der Waals surface area contributed by atoms with Crippen LogP contribution < -0.4 is 11.1 Å². The van der Waals surface area contributed by atoms with E-state index in [-0.39, 0.29) is 0 Å². The van der Waals surface area contributed by atoms with Crippen LogP contribution in [0.3, 0.4) is 0 Å². The van der Waals surface area contributed by atoms with E-state index in [9.17, 15) is 0 Å². The van der Waals surface area contributed by atoms with Crippen molar-refractivity contribution in [2.45, 2.75) is 0 Å². The first-order valence-electron chi connectivity index (χ1n) is 6.72. The van der Waals surface area contributed by atoms with Crippen molar-refractivity contribution < 1.29 is 0 Å². The quantitative estimate of drug-likeness (QED) is 0.520. The summed E-state index contributed by atoms with van der Waals surface area (Å²) in [6.45, 7) is 11.1. The van der Waals surface area contributed by atoms with Crippen LogP contribution in [0.25, 0.3) is 0 Å². The molecule has 5 nitrogen and oxygen atoms in total. The lowest BCUT2D eigenvalue weighted by Gasteiger charge is -2.35. The number of piperazine rings is 1. The molecule has 1 heterocycles. The predicted molar refractivity (Wildman–Crippen MR) is 73.4 cm³/mol. The molecule has 1 aliphatic rings. The summed E-state index contributed by atoms with van der Waals surface area (Å²) in [7, 11) is 4.28. The predicted octanol–water partition coefficient (Wildman–Crippen LogP) is -1.29. The van der Waals surface area contributed by atoms with Gasteiger partial charge in [-0.05, 0) is 14.1 Å². The van der Waals surface area contributed by atoms with Crippen LogP contribution in [0.5, 0.6) is 0 Å². The van der Waals surface area contributed by atoms with Gasteiger partial charge < -0.3 is 16.0 Å². The average molecular weight is 243 g/mol. The molecule has 1 aliphatic heterocycles. The fourth-order valence-corrected chi connectivity index (χ4v) is 2.04. The molecule has 1 saturated heterocycles. The summed E-state index contributed by atoms with van der Waals surface area (Å²) in [5.41, 5.74) is 5.44. The van der Waals surface area contributed by atoms with Crippen LogP contribution >= 0.6 is 0 Å². The van der Waals surface area contributed by atoms with Crippen molar-refractivity contribution in [3.05, 3.63) is 0 Å². The molecule has 1 rings (SSSR count). The molecule has 1 fully saturated rings. The van der Waals surface area contributed by atoms with Gasteiger partial charge in [0.2, 0.25) is 0 Å². The molecule has 3 N–H and O–H groups in total. The Balaban J connectivity index is 2.01. The van der Waals surface area contributed by atoms with Gasteiger partial charge in [0.15, 0.2) is 0 Å². The van der Waals surface area contributed by atoms with E-state index in [2.05, 4.69) is 34.1 Å². The van der Waals surface area contributed by atoms with Crippen LogP contribution in [0.1, 0.15) is 0 Å². The zero-order valence-corrected chi connectivity index (χ0v) is 11.5. The van der Waals surface area contributed by atoms with Crippen LogP contribution in [0, 0.1) is 0 Å². The van der Waals surface area contributed by atoms with Gasteiger partial charge in [-0.2, -0.15) is 0 Å². The molecule has 102 valence electrons. The lowest BCUT2D eigenvalue weighted by molar-refractivity contribution is 0.126. The molecule has 0 aromatic rings. The van der Waals surface area contributed by atoms with Gasteiger partial charge in [-0.3, -0.25) is 9.80 Å². The van der Waals surface area contributed by atoms with E-state index in [4.69, 9.17) is 5.73 Å². The van der Waals surface area contributed by atoms with Crippen LogP contribution in [0.4, 0.5) is 0 Å². The highest BCUT2D eigenvalue weighted by Crippen LogP contribution is 2.00. The van der Waals surface area contributed by atoms with E-state index in [1.807, 2.05) is 0 Å². The van der Waals surface area contributed by atoms with Gasteiger partial charge in [0.25, 0.3) is 0 Å². The maximum absolute atomic E-state index is 5.44. The molecule has 0 saturated carbocycles. The Bertz CT molecular complexity index is 178. The maximum atomic E-state index is 5.44. The van der Waals surface area contributed by atoms with Gasteiger partial charge in [-0.15, -0.1) is 0 Å². The zero-order valence-electron chi connectivity index (χ0n) is 11.5. The molecule has 0 spiro atoms. The topological polar surface area (TPSA) is 47.8 Å². The first kappa shape index (κ1) is 14.9. The summed E-state index contributed by atoms with van der Waals surface area (Å²) in [5, 5.41) is 3.35. The normalized spacial score (nSPS) is 19.1. The van der Waals surface area contributed by atoms with Crippen molar-refractivity contribution >= 4 is 0 Å². The van der Waals surface area contributed by atoms with Gasteiger partial charge in [0, 0.05) is 65.4 Å². The standard InChI is InChI=1S/C12H29N5/c1-15(2)7-8-17-11-9-16(10-12-17)6-5-14-4-3-13/h14H,3-13H2,1-2H3. The molecule has 17 heavy (non-hydrogen) atoms. The number of likely N-dealkylation sites (N-methyl/N-ethyl adjacent to an activating group) is 1. The number of nitrogens with zero attached hydrogens (tertiary/aromatic N) is 3. The van der Waals surface area contributed by atoms with Gasteiger partial charge in [0.05, 0.1) is 0 Å². The molecule has 0 atom stereocenters. The zero-order chi connectivity index (χ0) is 12.5. The van der Waals surface area contributed by atoms with E-state index in [1.54, 1.807) is 0 Å². The second kappa shape index (κ2) is 8.83. The van der Waals surface area contributed by atoms with E-state index in [0.717, 1.165) is 32.7 Å². The van der Waals surface area contributed by atoms with E-state index in [0.29, 0.717) is 0 Å². The molecule has 5 heteroatoms. The number of hydrogen-bond donors (Lipinski definition) is 2. The highest BCUT2D eigenvalue weighted by Gasteiger charge is 2.15. The van der Waals surface area contributed by atoms with E-state index in [1.165, 1.54) is 32.7 Å². The molecule has 0 unspecified atom stereocenters. The number of hydrogen-bond acceptors (Lipinski definition) is 5. The van der Waals surface area contributed by atoms with Gasteiger partial charge in [-0.1, -0.05) is 0 Å². The molecular weight excluding hydrogens is 214 g/mol. The van der Waals surface area contributed by atoms with Crippen molar-refractivity contribution in [2.24, 2.45) is 5.73 Å². The summed E-state index contributed by atoms with van der Waals surface area (Å²) in [4.78, 5) is 7.35. The van der Waals surface area contributed by atoms with Crippen molar-refractivity contribution in [3.63, 3.8) is 0 Å². The largest absolute Gasteiger partial charge is 0.329 e. The lowest BCUT2D eigenvalue weighted by atomic mass is 10.3. The first-order chi connectivity index (χ1) is 8.22. The molecule has 0 aromatic carbocycles.